The molecule has 0 radical (unpaired) electrons. The average molecular weight is 231 g/mol. The van der Waals surface area contributed by atoms with Crippen LogP contribution >= 0.6 is 0 Å². The molecule has 0 unspecified atom stereocenters. The molecule has 2 amide bonds. The number of hydrogen-bond acceptors (Lipinski definition) is 2. The molecule has 0 saturated heterocycles. The van der Waals surface area contributed by atoms with Crippen LogP contribution in [0.3, 0.4) is 0 Å². The minimum absolute atomic E-state index is 0.716. The highest BCUT2D eigenvalue weighted by Crippen LogP contribution is 2.18. The van der Waals surface area contributed by atoms with Gasteiger partial charge in [-0.25, -0.2) is 4.79 Å². The van der Waals surface area contributed by atoms with Crippen LogP contribution in [0.15, 0.2) is 42.5 Å². The monoisotopic (exact) mass is 231 g/mol. The fourth-order valence-electron chi connectivity index (χ4n) is 1.67. The first-order valence-corrected chi connectivity index (χ1v) is 5.36. The van der Waals surface area contributed by atoms with Gasteiger partial charge >= 0.3 is 6.03 Å². The molecule has 2 rings (SSSR count). The van der Waals surface area contributed by atoms with Gasteiger partial charge in [-0.15, -0.1) is 0 Å². The summed E-state index contributed by atoms with van der Waals surface area (Å²) < 4.78 is 0. The lowest BCUT2D eigenvalue weighted by molar-refractivity contribution is 0.256. The Balaban J connectivity index is 0.000000317. The van der Waals surface area contributed by atoms with E-state index in [0.29, 0.717) is 6.54 Å². The highest BCUT2D eigenvalue weighted by atomic mass is 16.2. The summed E-state index contributed by atoms with van der Waals surface area (Å²) in [6.45, 7) is 0.716. The molecule has 4 nitrogen and oxygen atoms in total. The lowest BCUT2D eigenvalue weighted by Crippen LogP contribution is -2.18. The molecule has 0 aliphatic heterocycles. The number of primary amides is 2. The maximum absolute atomic E-state index is 9.00. The van der Waals surface area contributed by atoms with E-state index in [-0.39, 0.29) is 0 Å². The Bertz CT molecular complexity index is 487. The molecule has 0 heterocycles. The van der Waals surface area contributed by atoms with Gasteiger partial charge in [-0.1, -0.05) is 42.5 Å². The molecular weight excluding hydrogens is 214 g/mol. The Labute approximate surface area is 100 Å². The number of amides is 2. The van der Waals surface area contributed by atoms with Crippen LogP contribution in [0.5, 0.6) is 0 Å². The maximum Gasteiger partial charge on any atom is 0.309 e. The lowest BCUT2D eigenvalue weighted by atomic mass is 10.0. The Kier molecular flexibility index (Phi) is 4.97. The van der Waals surface area contributed by atoms with Crippen molar-refractivity contribution < 1.29 is 4.79 Å². The molecular formula is C13H17N3O. The molecule has 6 N–H and O–H groups in total. The molecule has 0 aliphatic rings. The molecule has 0 saturated carbocycles. The third kappa shape index (κ3) is 4.12. The summed E-state index contributed by atoms with van der Waals surface area (Å²) in [6.07, 6.45) is 0.960. The van der Waals surface area contributed by atoms with Gasteiger partial charge in [0.2, 0.25) is 0 Å². The first-order valence-electron chi connectivity index (χ1n) is 5.36. The van der Waals surface area contributed by atoms with Gasteiger partial charge in [0.15, 0.2) is 0 Å². The molecule has 4 heteroatoms. The van der Waals surface area contributed by atoms with E-state index >= 15 is 0 Å². The van der Waals surface area contributed by atoms with E-state index in [1.807, 2.05) is 0 Å². The van der Waals surface area contributed by atoms with Gasteiger partial charge in [-0.3, -0.25) is 0 Å². The standard InChI is InChI=1S/C12H13N.CH4N2O/c13-9-8-11-6-3-5-10-4-1-2-7-12(10)11;2-1(3)4/h1-7H,8-9,13H2;(H4,2,3,4). The molecule has 0 atom stereocenters. The molecule has 0 spiro atoms. The van der Waals surface area contributed by atoms with E-state index in [2.05, 4.69) is 53.9 Å². The van der Waals surface area contributed by atoms with Crippen molar-refractivity contribution >= 4 is 16.8 Å². The number of urea groups is 1. The van der Waals surface area contributed by atoms with Crippen molar-refractivity contribution in [2.24, 2.45) is 17.2 Å². The molecule has 0 aliphatic carbocycles. The van der Waals surface area contributed by atoms with Crippen molar-refractivity contribution in [3.8, 4) is 0 Å². The van der Waals surface area contributed by atoms with Crippen LogP contribution in [0, 0.1) is 0 Å². The second-order valence-corrected chi connectivity index (χ2v) is 3.58. The van der Waals surface area contributed by atoms with E-state index in [4.69, 9.17) is 10.5 Å². The summed E-state index contributed by atoms with van der Waals surface area (Å²) in [5, 5.41) is 2.63. The first kappa shape index (κ1) is 13.0. The SMILES string of the molecule is NC(N)=O.NCCc1cccc2ccccc12. The molecule has 17 heavy (non-hydrogen) atoms. The second-order valence-electron chi connectivity index (χ2n) is 3.58. The summed E-state index contributed by atoms with van der Waals surface area (Å²) in [4.78, 5) is 9.00. The van der Waals surface area contributed by atoms with Gasteiger partial charge in [0.05, 0.1) is 0 Å². The largest absolute Gasteiger partial charge is 0.352 e. The fraction of sp³-hybridized carbons (Fsp3) is 0.154. The van der Waals surface area contributed by atoms with Crippen molar-refractivity contribution in [3.63, 3.8) is 0 Å². The van der Waals surface area contributed by atoms with Crippen LogP contribution < -0.4 is 17.2 Å². The summed E-state index contributed by atoms with van der Waals surface area (Å²) >= 11 is 0. The molecule has 0 aromatic heterocycles. The van der Waals surface area contributed by atoms with E-state index < -0.39 is 6.03 Å². The topological polar surface area (TPSA) is 95.1 Å². The minimum Gasteiger partial charge on any atom is -0.352 e. The number of benzene rings is 2. The zero-order valence-corrected chi connectivity index (χ0v) is 9.60. The summed E-state index contributed by atoms with van der Waals surface area (Å²) in [5.74, 6) is 0. The highest BCUT2D eigenvalue weighted by molar-refractivity contribution is 5.85. The number of carbonyl (C=O) groups excluding carboxylic acids is 1. The van der Waals surface area contributed by atoms with Crippen LogP contribution in [0.25, 0.3) is 10.8 Å². The van der Waals surface area contributed by atoms with Gasteiger partial charge in [-0.05, 0) is 29.3 Å². The van der Waals surface area contributed by atoms with Crippen molar-refractivity contribution in [1.82, 2.24) is 0 Å². The van der Waals surface area contributed by atoms with Crippen molar-refractivity contribution in [1.29, 1.82) is 0 Å². The van der Waals surface area contributed by atoms with Gasteiger partial charge in [0.25, 0.3) is 0 Å². The van der Waals surface area contributed by atoms with Gasteiger partial charge in [0.1, 0.15) is 0 Å². The molecule has 90 valence electrons. The lowest BCUT2D eigenvalue weighted by Gasteiger charge is -2.03. The van der Waals surface area contributed by atoms with Gasteiger partial charge in [0, 0.05) is 0 Å². The number of rotatable bonds is 2. The average Bonchev–Trinajstić information content (AvgIpc) is 2.29. The van der Waals surface area contributed by atoms with Crippen molar-refractivity contribution in [2.45, 2.75) is 6.42 Å². The number of nitrogens with two attached hydrogens (primary N) is 3. The van der Waals surface area contributed by atoms with Crippen LogP contribution in [-0.4, -0.2) is 12.6 Å². The van der Waals surface area contributed by atoms with Crippen LogP contribution in [-0.2, 0) is 6.42 Å². The van der Waals surface area contributed by atoms with Gasteiger partial charge in [-0.2, -0.15) is 0 Å². The predicted octanol–water partition coefficient (Wildman–Crippen LogP) is 1.36. The first-order chi connectivity index (χ1) is 8.15. The Morgan fingerprint density at radius 3 is 2.24 bits per heavy atom. The minimum atomic E-state index is -0.833. The summed E-state index contributed by atoms with van der Waals surface area (Å²) in [7, 11) is 0. The number of carbonyl (C=O) groups is 1. The maximum atomic E-state index is 9.00. The Morgan fingerprint density at radius 1 is 1.00 bits per heavy atom. The van der Waals surface area contributed by atoms with Crippen molar-refractivity contribution in [2.75, 3.05) is 6.54 Å². The van der Waals surface area contributed by atoms with Crippen molar-refractivity contribution in [3.05, 3.63) is 48.0 Å². The second kappa shape index (κ2) is 6.50. The molecule has 0 bridgehead atoms. The third-order valence-electron chi connectivity index (χ3n) is 2.29. The number of fused-ring (bicyclic) bond motifs is 1. The zero-order valence-electron chi connectivity index (χ0n) is 9.60. The molecule has 2 aromatic carbocycles. The van der Waals surface area contributed by atoms with Crippen LogP contribution in [0.1, 0.15) is 5.56 Å². The zero-order chi connectivity index (χ0) is 12.7. The van der Waals surface area contributed by atoms with E-state index in [0.717, 1.165) is 6.42 Å². The highest BCUT2D eigenvalue weighted by Gasteiger charge is 1.97. The molecule has 2 aromatic rings. The fourth-order valence-corrected chi connectivity index (χ4v) is 1.67. The van der Waals surface area contributed by atoms with Crippen LogP contribution in [0.2, 0.25) is 0 Å². The summed E-state index contributed by atoms with van der Waals surface area (Å²) in [6, 6.07) is 14.0. The van der Waals surface area contributed by atoms with Crippen LogP contribution in [0.4, 0.5) is 4.79 Å². The summed E-state index contributed by atoms with van der Waals surface area (Å²) in [5.41, 5.74) is 15.4. The predicted molar refractivity (Wildman–Crippen MR) is 70.5 cm³/mol. The Hall–Kier alpha value is -2.07. The molecule has 0 fully saturated rings. The number of hydrogen-bond donors (Lipinski definition) is 3. The van der Waals surface area contributed by atoms with E-state index in [1.54, 1.807) is 0 Å². The smallest absolute Gasteiger partial charge is 0.309 e. The van der Waals surface area contributed by atoms with Gasteiger partial charge < -0.3 is 17.2 Å². The normalized spacial score (nSPS) is 9.47. The van der Waals surface area contributed by atoms with E-state index in [9.17, 15) is 0 Å². The quantitative estimate of drug-likeness (QED) is 0.727. The Morgan fingerprint density at radius 2 is 1.59 bits per heavy atom. The van der Waals surface area contributed by atoms with E-state index in [1.165, 1.54) is 16.3 Å². The third-order valence-corrected chi connectivity index (χ3v) is 2.29.